The van der Waals surface area contributed by atoms with Crippen LogP contribution in [0.1, 0.15) is 85.0 Å². The van der Waals surface area contributed by atoms with Crippen molar-refractivity contribution >= 4 is 5.91 Å². The minimum absolute atomic E-state index is 0.181. The lowest BCUT2D eigenvalue weighted by Crippen LogP contribution is -2.39. The fourth-order valence-corrected chi connectivity index (χ4v) is 2.27. The second-order valence-electron chi connectivity index (χ2n) is 6.15. The number of hydrogen-bond donors (Lipinski definition) is 2. The third kappa shape index (κ3) is 11.3. The van der Waals surface area contributed by atoms with Gasteiger partial charge >= 0.3 is 0 Å². The molecule has 0 aromatic carbocycles. The van der Waals surface area contributed by atoms with Crippen molar-refractivity contribution in [1.29, 1.82) is 0 Å². The first-order valence-electron chi connectivity index (χ1n) is 8.61. The van der Waals surface area contributed by atoms with E-state index in [1.807, 2.05) is 6.92 Å². The van der Waals surface area contributed by atoms with Gasteiger partial charge in [0, 0.05) is 12.5 Å². The minimum atomic E-state index is 0.181. The molecular weight excluding hydrogens is 248 g/mol. The van der Waals surface area contributed by atoms with E-state index in [0.29, 0.717) is 18.9 Å². The Morgan fingerprint density at radius 1 is 0.950 bits per heavy atom. The summed E-state index contributed by atoms with van der Waals surface area (Å²) in [6.45, 7) is 6.98. The smallest absolute Gasteiger partial charge is 0.220 e. The van der Waals surface area contributed by atoms with Gasteiger partial charge < -0.3 is 11.1 Å². The van der Waals surface area contributed by atoms with Gasteiger partial charge in [0.15, 0.2) is 0 Å². The van der Waals surface area contributed by atoms with E-state index in [9.17, 15) is 4.79 Å². The summed E-state index contributed by atoms with van der Waals surface area (Å²) in [4.78, 5) is 11.7. The van der Waals surface area contributed by atoms with E-state index in [2.05, 4.69) is 19.2 Å². The summed E-state index contributed by atoms with van der Waals surface area (Å²) in [5, 5.41) is 3.04. The molecule has 3 N–H and O–H groups in total. The average Bonchev–Trinajstić information content (AvgIpc) is 2.44. The summed E-state index contributed by atoms with van der Waals surface area (Å²) in [6.07, 6.45) is 12.3. The third-order valence-electron chi connectivity index (χ3n) is 4.12. The fourth-order valence-electron chi connectivity index (χ4n) is 2.27. The molecule has 0 aliphatic carbocycles. The number of amides is 1. The molecule has 0 aliphatic heterocycles. The van der Waals surface area contributed by atoms with E-state index in [0.717, 1.165) is 6.42 Å². The van der Waals surface area contributed by atoms with E-state index in [1.165, 1.54) is 51.4 Å². The summed E-state index contributed by atoms with van der Waals surface area (Å²) in [5.41, 5.74) is 5.60. The molecule has 3 heteroatoms. The van der Waals surface area contributed by atoms with Crippen LogP contribution in [0, 0.1) is 5.92 Å². The Morgan fingerprint density at radius 3 is 1.95 bits per heavy atom. The third-order valence-corrected chi connectivity index (χ3v) is 4.12. The van der Waals surface area contributed by atoms with Crippen molar-refractivity contribution in [3.05, 3.63) is 0 Å². The molecule has 20 heavy (non-hydrogen) atoms. The Hall–Kier alpha value is -0.570. The van der Waals surface area contributed by atoms with Gasteiger partial charge in [-0.2, -0.15) is 0 Å². The monoisotopic (exact) mass is 284 g/mol. The molecule has 0 aromatic rings. The highest BCUT2D eigenvalue weighted by Gasteiger charge is 2.12. The molecule has 0 spiro atoms. The van der Waals surface area contributed by atoms with Crippen LogP contribution in [0.15, 0.2) is 0 Å². The Kier molecular flexibility index (Phi) is 13.0. The van der Waals surface area contributed by atoms with Gasteiger partial charge in [0.05, 0.1) is 0 Å². The summed E-state index contributed by atoms with van der Waals surface area (Å²) in [6, 6.07) is 0.186. The second-order valence-corrected chi connectivity index (χ2v) is 6.15. The first-order valence-corrected chi connectivity index (χ1v) is 8.61. The predicted octanol–water partition coefficient (Wildman–Crippen LogP) is 4.01. The van der Waals surface area contributed by atoms with E-state index < -0.39 is 0 Å². The molecular formula is C17H36N2O. The maximum Gasteiger partial charge on any atom is 0.220 e. The zero-order valence-corrected chi connectivity index (χ0v) is 13.9. The van der Waals surface area contributed by atoms with Crippen molar-refractivity contribution < 1.29 is 4.79 Å². The van der Waals surface area contributed by atoms with Crippen molar-refractivity contribution in [3.8, 4) is 0 Å². The van der Waals surface area contributed by atoms with Crippen LogP contribution in [-0.4, -0.2) is 18.5 Å². The van der Waals surface area contributed by atoms with Crippen LogP contribution in [0.25, 0.3) is 0 Å². The highest BCUT2D eigenvalue weighted by molar-refractivity contribution is 5.76. The molecule has 0 fully saturated rings. The molecule has 0 saturated heterocycles. The number of unbranched alkanes of at least 4 members (excludes halogenated alkanes) is 8. The Bertz CT molecular complexity index is 231. The summed E-state index contributed by atoms with van der Waals surface area (Å²) >= 11 is 0. The van der Waals surface area contributed by atoms with Crippen LogP contribution in [-0.2, 0) is 4.79 Å². The highest BCUT2D eigenvalue weighted by Crippen LogP contribution is 2.10. The first kappa shape index (κ1) is 19.4. The largest absolute Gasteiger partial charge is 0.353 e. The average molecular weight is 284 g/mol. The molecule has 0 saturated carbocycles. The number of carbonyl (C=O) groups is 1. The van der Waals surface area contributed by atoms with Gasteiger partial charge in [-0.25, -0.2) is 0 Å². The molecule has 3 nitrogen and oxygen atoms in total. The maximum atomic E-state index is 11.7. The summed E-state index contributed by atoms with van der Waals surface area (Å²) in [5.74, 6) is 0.530. The SMILES string of the molecule is CCCCCCCCCCCC(=O)NC(C)C(C)CN. The lowest BCUT2D eigenvalue weighted by Gasteiger charge is -2.19. The number of rotatable bonds is 13. The van der Waals surface area contributed by atoms with Crippen LogP contribution in [0.2, 0.25) is 0 Å². The molecule has 0 radical (unpaired) electrons. The minimum Gasteiger partial charge on any atom is -0.353 e. The molecule has 2 atom stereocenters. The number of nitrogens with one attached hydrogen (secondary N) is 1. The van der Waals surface area contributed by atoms with Gasteiger partial charge in [0.1, 0.15) is 0 Å². The van der Waals surface area contributed by atoms with Crippen molar-refractivity contribution in [2.45, 2.75) is 91.0 Å². The van der Waals surface area contributed by atoms with Crippen LogP contribution in [0.5, 0.6) is 0 Å². The van der Waals surface area contributed by atoms with Gasteiger partial charge in [-0.1, -0.05) is 65.2 Å². The Morgan fingerprint density at radius 2 is 1.45 bits per heavy atom. The zero-order valence-electron chi connectivity index (χ0n) is 13.9. The number of nitrogens with two attached hydrogens (primary N) is 1. The summed E-state index contributed by atoms with van der Waals surface area (Å²) < 4.78 is 0. The maximum absolute atomic E-state index is 11.7. The van der Waals surface area contributed by atoms with Crippen LogP contribution < -0.4 is 11.1 Å². The standard InChI is InChI=1S/C17H36N2O/c1-4-5-6-7-8-9-10-11-12-13-17(20)19-16(3)15(2)14-18/h15-16H,4-14,18H2,1-3H3,(H,19,20). The molecule has 120 valence electrons. The molecule has 0 heterocycles. The van der Waals surface area contributed by atoms with Crippen molar-refractivity contribution in [1.82, 2.24) is 5.32 Å². The van der Waals surface area contributed by atoms with Gasteiger partial charge in [-0.05, 0) is 25.8 Å². The van der Waals surface area contributed by atoms with E-state index in [1.54, 1.807) is 0 Å². The van der Waals surface area contributed by atoms with E-state index >= 15 is 0 Å². The van der Waals surface area contributed by atoms with E-state index in [-0.39, 0.29) is 11.9 Å². The normalized spacial score (nSPS) is 14.0. The van der Waals surface area contributed by atoms with Crippen molar-refractivity contribution in [2.24, 2.45) is 11.7 Å². The molecule has 2 unspecified atom stereocenters. The lowest BCUT2D eigenvalue weighted by molar-refractivity contribution is -0.122. The molecule has 1 amide bonds. The highest BCUT2D eigenvalue weighted by atomic mass is 16.1. The van der Waals surface area contributed by atoms with Crippen molar-refractivity contribution in [2.75, 3.05) is 6.54 Å². The van der Waals surface area contributed by atoms with Gasteiger partial charge in [-0.3, -0.25) is 4.79 Å². The summed E-state index contributed by atoms with van der Waals surface area (Å²) in [7, 11) is 0. The second kappa shape index (κ2) is 13.4. The number of hydrogen-bond acceptors (Lipinski definition) is 2. The molecule has 0 aromatic heterocycles. The van der Waals surface area contributed by atoms with Gasteiger partial charge in [0.25, 0.3) is 0 Å². The lowest BCUT2D eigenvalue weighted by atomic mass is 10.0. The molecule has 0 aliphatic rings. The van der Waals surface area contributed by atoms with Gasteiger partial charge in [0.2, 0.25) is 5.91 Å². The van der Waals surface area contributed by atoms with E-state index in [4.69, 9.17) is 5.73 Å². The van der Waals surface area contributed by atoms with Crippen LogP contribution in [0.3, 0.4) is 0 Å². The topological polar surface area (TPSA) is 55.1 Å². The fraction of sp³-hybridized carbons (Fsp3) is 0.941. The quantitative estimate of drug-likeness (QED) is 0.502. The Balaban J connectivity index is 3.35. The number of carbonyl (C=O) groups excluding carboxylic acids is 1. The van der Waals surface area contributed by atoms with Crippen LogP contribution >= 0.6 is 0 Å². The van der Waals surface area contributed by atoms with Crippen LogP contribution in [0.4, 0.5) is 0 Å². The Labute approximate surface area is 126 Å². The zero-order chi connectivity index (χ0) is 15.2. The molecule has 0 rings (SSSR count). The van der Waals surface area contributed by atoms with Gasteiger partial charge in [-0.15, -0.1) is 0 Å². The molecule has 0 bridgehead atoms. The first-order chi connectivity index (χ1) is 9.61. The van der Waals surface area contributed by atoms with Crippen molar-refractivity contribution in [3.63, 3.8) is 0 Å². The predicted molar refractivity (Wildman–Crippen MR) is 87.7 cm³/mol.